The zero-order valence-electron chi connectivity index (χ0n) is 8.84. The Kier molecular flexibility index (Phi) is 4.62. The van der Waals surface area contributed by atoms with Crippen LogP contribution in [0.2, 0.25) is 0 Å². The number of aliphatic carboxylic acids is 1. The Labute approximate surface area is 92.5 Å². The molecule has 0 fully saturated rings. The molecule has 0 radical (unpaired) electrons. The Hall–Kier alpha value is -1.73. The van der Waals surface area contributed by atoms with Gasteiger partial charge in [0, 0.05) is 31.5 Å². The first-order chi connectivity index (χ1) is 7.67. The average molecular weight is 226 g/mol. The van der Waals surface area contributed by atoms with Crippen LogP contribution in [-0.4, -0.2) is 45.8 Å². The highest BCUT2D eigenvalue weighted by atomic mass is 16.4. The van der Waals surface area contributed by atoms with Crippen molar-refractivity contribution in [1.82, 2.24) is 15.3 Å². The molecule has 0 amide bonds. The summed E-state index contributed by atoms with van der Waals surface area (Å²) in [6, 6.07) is -0.969. The molecule has 0 aromatic carbocycles. The fourth-order valence-corrected chi connectivity index (χ4v) is 1.05. The van der Waals surface area contributed by atoms with Crippen molar-refractivity contribution in [3.05, 3.63) is 18.0 Å². The monoisotopic (exact) mass is 226 g/mol. The summed E-state index contributed by atoms with van der Waals surface area (Å²) in [5.41, 5.74) is 0.749. The van der Waals surface area contributed by atoms with Crippen molar-refractivity contribution < 1.29 is 15.0 Å². The van der Waals surface area contributed by atoms with Gasteiger partial charge in [-0.2, -0.15) is 0 Å². The topological polar surface area (TPSA) is 107 Å². The van der Waals surface area contributed by atoms with Crippen molar-refractivity contribution >= 4 is 11.9 Å². The van der Waals surface area contributed by atoms with Gasteiger partial charge in [-0.3, -0.25) is 10.1 Å². The second kappa shape index (κ2) is 5.99. The number of hydrogen-bond donors (Lipinski definition) is 4. The van der Waals surface area contributed by atoms with Crippen LogP contribution >= 0.6 is 0 Å². The molecule has 0 aliphatic rings. The van der Waals surface area contributed by atoms with Crippen molar-refractivity contribution in [2.75, 3.05) is 19.0 Å². The van der Waals surface area contributed by atoms with E-state index in [1.807, 2.05) is 0 Å². The lowest BCUT2D eigenvalue weighted by atomic mass is 10.3. The maximum absolute atomic E-state index is 10.6. The van der Waals surface area contributed by atoms with E-state index in [1.165, 1.54) is 0 Å². The molecule has 1 aromatic rings. The summed E-state index contributed by atoms with van der Waals surface area (Å²) in [6.45, 7) is -0.160. The molecule has 1 rings (SSSR count). The zero-order valence-corrected chi connectivity index (χ0v) is 8.84. The number of hydrogen-bond acceptors (Lipinski definition) is 6. The van der Waals surface area contributed by atoms with Gasteiger partial charge >= 0.3 is 5.97 Å². The van der Waals surface area contributed by atoms with Gasteiger partial charge in [0.15, 0.2) is 0 Å². The van der Waals surface area contributed by atoms with Crippen LogP contribution in [0, 0.1) is 0 Å². The highest BCUT2D eigenvalue weighted by Gasteiger charge is 2.14. The summed E-state index contributed by atoms with van der Waals surface area (Å²) in [5, 5.41) is 22.9. The van der Waals surface area contributed by atoms with Crippen LogP contribution in [0.15, 0.2) is 12.4 Å². The van der Waals surface area contributed by atoms with Gasteiger partial charge in [-0.25, -0.2) is 9.97 Å². The fraction of sp³-hybridized carbons (Fsp3) is 0.444. The molecule has 0 saturated heterocycles. The molecule has 16 heavy (non-hydrogen) atoms. The molecule has 0 bridgehead atoms. The van der Waals surface area contributed by atoms with E-state index in [0.717, 1.165) is 5.56 Å². The summed E-state index contributed by atoms with van der Waals surface area (Å²) >= 11 is 0. The van der Waals surface area contributed by atoms with Crippen LogP contribution in [0.1, 0.15) is 5.56 Å². The molecule has 1 unspecified atom stereocenters. The molecule has 1 heterocycles. The van der Waals surface area contributed by atoms with Crippen LogP contribution in [0.25, 0.3) is 0 Å². The van der Waals surface area contributed by atoms with E-state index in [9.17, 15) is 4.79 Å². The molecule has 4 N–H and O–H groups in total. The Morgan fingerprint density at radius 3 is 2.56 bits per heavy atom. The van der Waals surface area contributed by atoms with Crippen LogP contribution < -0.4 is 10.6 Å². The predicted molar refractivity (Wildman–Crippen MR) is 56.9 cm³/mol. The number of rotatable bonds is 6. The molecular weight excluding hydrogens is 212 g/mol. The number of aliphatic hydroxyl groups is 1. The molecule has 0 aliphatic heterocycles. The van der Waals surface area contributed by atoms with Crippen LogP contribution in [0.3, 0.4) is 0 Å². The number of nitrogens with one attached hydrogen (secondary N) is 2. The van der Waals surface area contributed by atoms with Crippen LogP contribution in [-0.2, 0) is 11.3 Å². The lowest BCUT2D eigenvalue weighted by Crippen LogP contribution is -2.39. The Bertz CT molecular complexity index is 341. The summed E-state index contributed by atoms with van der Waals surface area (Å²) < 4.78 is 0. The molecule has 1 atom stereocenters. The second-order valence-corrected chi connectivity index (χ2v) is 3.12. The molecule has 88 valence electrons. The first kappa shape index (κ1) is 12.3. The van der Waals surface area contributed by atoms with Gasteiger partial charge < -0.3 is 15.5 Å². The molecule has 0 spiro atoms. The second-order valence-electron chi connectivity index (χ2n) is 3.12. The predicted octanol–water partition coefficient (Wildman–Crippen LogP) is -0.947. The van der Waals surface area contributed by atoms with Gasteiger partial charge in [0.1, 0.15) is 6.04 Å². The lowest BCUT2D eigenvalue weighted by molar-refractivity contribution is -0.140. The van der Waals surface area contributed by atoms with Gasteiger partial charge in [0.2, 0.25) is 5.95 Å². The number of carboxylic acids is 1. The third kappa shape index (κ3) is 3.44. The van der Waals surface area contributed by atoms with E-state index >= 15 is 0 Å². The number of aliphatic hydroxyl groups excluding tert-OH is 1. The van der Waals surface area contributed by atoms with Crippen molar-refractivity contribution in [3.63, 3.8) is 0 Å². The summed E-state index contributed by atoms with van der Waals surface area (Å²) in [5.74, 6) is -0.587. The SMILES string of the molecule is CNc1ncc(CNC(CO)C(=O)O)cn1. The fourth-order valence-electron chi connectivity index (χ4n) is 1.05. The standard InChI is InChI=1S/C9H14N4O3/c1-10-9-12-3-6(4-13-9)2-11-7(5-14)8(15)16/h3-4,7,11,14H,2,5H2,1H3,(H,15,16)(H,10,12,13). The highest BCUT2D eigenvalue weighted by molar-refractivity contribution is 5.73. The van der Waals surface area contributed by atoms with Crippen molar-refractivity contribution in [2.45, 2.75) is 12.6 Å². The van der Waals surface area contributed by atoms with Gasteiger partial charge in [-0.1, -0.05) is 0 Å². The first-order valence-corrected chi connectivity index (χ1v) is 4.73. The normalized spacial score (nSPS) is 12.1. The molecule has 1 aromatic heterocycles. The molecule has 0 saturated carbocycles. The molecule has 0 aliphatic carbocycles. The third-order valence-electron chi connectivity index (χ3n) is 1.96. The summed E-state index contributed by atoms with van der Waals surface area (Å²) in [7, 11) is 1.71. The Morgan fingerprint density at radius 1 is 1.50 bits per heavy atom. The highest BCUT2D eigenvalue weighted by Crippen LogP contribution is 1.99. The average Bonchev–Trinajstić information content (AvgIpc) is 2.30. The Balaban J connectivity index is 2.50. The van der Waals surface area contributed by atoms with Gasteiger partial charge in [0.25, 0.3) is 0 Å². The first-order valence-electron chi connectivity index (χ1n) is 4.73. The summed E-state index contributed by atoms with van der Waals surface area (Å²) in [6.07, 6.45) is 3.17. The summed E-state index contributed by atoms with van der Waals surface area (Å²) in [4.78, 5) is 18.5. The minimum Gasteiger partial charge on any atom is -0.480 e. The van der Waals surface area contributed by atoms with E-state index in [0.29, 0.717) is 12.5 Å². The van der Waals surface area contributed by atoms with E-state index in [2.05, 4.69) is 20.6 Å². The third-order valence-corrected chi connectivity index (χ3v) is 1.96. The number of carbonyl (C=O) groups is 1. The minimum absolute atomic E-state index is 0.293. The Morgan fingerprint density at radius 2 is 2.12 bits per heavy atom. The largest absolute Gasteiger partial charge is 0.480 e. The van der Waals surface area contributed by atoms with Crippen LogP contribution in [0.5, 0.6) is 0 Å². The van der Waals surface area contributed by atoms with Crippen molar-refractivity contribution in [3.8, 4) is 0 Å². The molecule has 7 heteroatoms. The number of carboxylic acid groups (broad SMARTS) is 1. The van der Waals surface area contributed by atoms with Crippen LogP contribution in [0.4, 0.5) is 5.95 Å². The number of aromatic nitrogens is 2. The number of nitrogens with zero attached hydrogens (tertiary/aromatic N) is 2. The van der Waals surface area contributed by atoms with Gasteiger partial charge in [-0.15, -0.1) is 0 Å². The smallest absolute Gasteiger partial charge is 0.323 e. The van der Waals surface area contributed by atoms with Gasteiger partial charge in [-0.05, 0) is 0 Å². The number of anilines is 1. The van der Waals surface area contributed by atoms with Crippen molar-refractivity contribution in [1.29, 1.82) is 0 Å². The maximum atomic E-state index is 10.6. The molecule has 7 nitrogen and oxygen atoms in total. The zero-order chi connectivity index (χ0) is 12.0. The quantitative estimate of drug-likeness (QED) is 0.495. The van der Waals surface area contributed by atoms with Gasteiger partial charge in [0.05, 0.1) is 6.61 Å². The van der Waals surface area contributed by atoms with E-state index in [1.54, 1.807) is 19.4 Å². The van der Waals surface area contributed by atoms with E-state index in [-0.39, 0.29) is 0 Å². The maximum Gasteiger partial charge on any atom is 0.323 e. The van der Waals surface area contributed by atoms with E-state index < -0.39 is 18.6 Å². The van der Waals surface area contributed by atoms with Crippen molar-refractivity contribution in [2.24, 2.45) is 0 Å². The molecular formula is C9H14N4O3. The van der Waals surface area contributed by atoms with E-state index in [4.69, 9.17) is 10.2 Å². The lowest BCUT2D eigenvalue weighted by Gasteiger charge is -2.10. The minimum atomic E-state index is -1.09.